The van der Waals surface area contributed by atoms with Gasteiger partial charge in [-0.3, -0.25) is 4.79 Å². The van der Waals surface area contributed by atoms with E-state index in [1.807, 2.05) is 17.5 Å². The van der Waals surface area contributed by atoms with E-state index in [4.69, 9.17) is 9.26 Å². The number of hydrogen-bond donors (Lipinski definition) is 1. The van der Waals surface area contributed by atoms with Gasteiger partial charge in [-0.2, -0.15) is 0 Å². The molecule has 0 aliphatic carbocycles. The van der Waals surface area contributed by atoms with Crippen LogP contribution in [0, 0.1) is 13.8 Å². The number of carbonyl (C=O) groups is 2. The van der Waals surface area contributed by atoms with Crippen molar-refractivity contribution in [3.05, 3.63) is 51.8 Å². The molecule has 0 amide bonds. The van der Waals surface area contributed by atoms with E-state index in [0.29, 0.717) is 34.0 Å². The van der Waals surface area contributed by atoms with Gasteiger partial charge < -0.3 is 14.2 Å². The van der Waals surface area contributed by atoms with Gasteiger partial charge >= 0.3 is 5.97 Å². The topological polar surface area (TPSA) is 85.2 Å². The Kier molecular flexibility index (Phi) is 4.35. The molecule has 3 aromatic rings. The largest absolute Gasteiger partial charge is 0.454 e. The van der Waals surface area contributed by atoms with Crippen molar-refractivity contribution in [3.63, 3.8) is 0 Å². The first-order valence-corrected chi connectivity index (χ1v) is 8.22. The molecule has 0 aliphatic heterocycles. The lowest BCUT2D eigenvalue weighted by Gasteiger charge is -2.02. The lowest BCUT2D eigenvalue weighted by atomic mass is 10.1. The van der Waals surface area contributed by atoms with Crippen LogP contribution in [0.5, 0.6) is 0 Å². The summed E-state index contributed by atoms with van der Waals surface area (Å²) in [6, 6.07) is 5.59. The van der Waals surface area contributed by atoms with Gasteiger partial charge in [0.05, 0.1) is 4.88 Å². The number of rotatable bonds is 5. The van der Waals surface area contributed by atoms with Crippen molar-refractivity contribution in [2.75, 3.05) is 0 Å². The Bertz CT molecular complexity index is 890. The van der Waals surface area contributed by atoms with Crippen LogP contribution in [-0.2, 0) is 11.3 Å². The van der Waals surface area contributed by atoms with Crippen LogP contribution in [0.2, 0.25) is 0 Å². The van der Waals surface area contributed by atoms with Crippen molar-refractivity contribution in [3.8, 4) is 10.6 Å². The number of hydrogen-bond acceptors (Lipinski definition) is 6. The molecule has 0 spiro atoms. The standard InChI is InChI=1S/C17H16N2O4S/c1-9-15(11(3)20)10(2)18-16(9)17(21)22-8-12-7-13(23-19-12)14-5-4-6-24-14/h4-7,18H,8H2,1-3H3. The summed E-state index contributed by atoms with van der Waals surface area (Å²) >= 11 is 1.54. The van der Waals surface area contributed by atoms with Crippen LogP contribution in [-0.4, -0.2) is 21.9 Å². The quantitative estimate of drug-likeness (QED) is 0.560. The molecule has 0 saturated carbocycles. The Labute approximate surface area is 142 Å². The normalized spacial score (nSPS) is 10.8. The molecule has 1 N–H and O–H groups in total. The molecule has 3 heterocycles. The van der Waals surface area contributed by atoms with Gasteiger partial charge in [-0.25, -0.2) is 4.79 Å². The van der Waals surface area contributed by atoms with E-state index in [0.717, 1.165) is 4.88 Å². The van der Waals surface area contributed by atoms with Gasteiger partial charge in [-0.1, -0.05) is 11.2 Å². The van der Waals surface area contributed by atoms with Crippen molar-refractivity contribution in [1.82, 2.24) is 10.1 Å². The third kappa shape index (κ3) is 3.03. The average Bonchev–Trinajstić information content (AvgIpc) is 3.24. The highest BCUT2D eigenvalue weighted by Crippen LogP contribution is 2.25. The summed E-state index contributed by atoms with van der Waals surface area (Å²) in [4.78, 5) is 27.7. The van der Waals surface area contributed by atoms with E-state index >= 15 is 0 Å². The molecule has 0 atom stereocenters. The van der Waals surface area contributed by atoms with Gasteiger partial charge in [0.1, 0.15) is 18.0 Å². The predicted octanol–water partition coefficient (Wildman–Crippen LogP) is 3.91. The Morgan fingerprint density at radius 2 is 2.17 bits per heavy atom. The maximum absolute atomic E-state index is 12.2. The number of ether oxygens (including phenoxy) is 1. The zero-order valence-electron chi connectivity index (χ0n) is 13.5. The van der Waals surface area contributed by atoms with E-state index in [1.54, 1.807) is 31.3 Å². The molecule has 0 aliphatic rings. The number of nitrogens with zero attached hydrogens (tertiary/aromatic N) is 1. The number of nitrogens with one attached hydrogen (secondary N) is 1. The molecule has 124 valence electrons. The molecule has 6 nitrogen and oxygen atoms in total. The summed E-state index contributed by atoms with van der Waals surface area (Å²) in [6.07, 6.45) is 0. The van der Waals surface area contributed by atoms with Crippen LogP contribution < -0.4 is 0 Å². The average molecular weight is 344 g/mol. The van der Waals surface area contributed by atoms with Crippen molar-refractivity contribution in [1.29, 1.82) is 0 Å². The third-order valence-electron chi connectivity index (χ3n) is 3.67. The number of aromatic nitrogens is 2. The van der Waals surface area contributed by atoms with E-state index < -0.39 is 5.97 Å². The molecular weight excluding hydrogens is 328 g/mol. The number of ketones is 1. The van der Waals surface area contributed by atoms with Crippen molar-refractivity contribution in [2.45, 2.75) is 27.4 Å². The summed E-state index contributed by atoms with van der Waals surface area (Å²) in [5.41, 5.74) is 2.61. The molecule has 0 fully saturated rings. The minimum absolute atomic E-state index is 0.000616. The molecule has 0 saturated heterocycles. The number of aryl methyl sites for hydroxylation is 1. The first-order valence-electron chi connectivity index (χ1n) is 7.34. The fourth-order valence-electron chi connectivity index (χ4n) is 2.61. The molecule has 3 rings (SSSR count). The summed E-state index contributed by atoms with van der Waals surface area (Å²) in [5, 5.41) is 5.85. The first-order chi connectivity index (χ1) is 11.5. The molecule has 3 aromatic heterocycles. The second-order valence-corrected chi connectivity index (χ2v) is 6.36. The first kappa shape index (κ1) is 16.2. The molecule has 24 heavy (non-hydrogen) atoms. The predicted molar refractivity (Wildman–Crippen MR) is 89.2 cm³/mol. The zero-order valence-corrected chi connectivity index (χ0v) is 14.3. The number of H-pyrrole nitrogens is 1. The number of Topliss-reactive ketones (excluding diaryl/α,β-unsaturated/α-hetero) is 1. The number of aromatic amines is 1. The lowest BCUT2D eigenvalue weighted by molar-refractivity contribution is 0.0457. The Hall–Kier alpha value is -2.67. The molecule has 7 heteroatoms. The number of carbonyl (C=O) groups excluding carboxylic acids is 2. The van der Waals surface area contributed by atoms with E-state index in [-0.39, 0.29) is 12.4 Å². The van der Waals surface area contributed by atoms with E-state index in [2.05, 4.69) is 10.1 Å². The highest BCUT2D eigenvalue weighted by Gasteiger charge is 2.21. The number of thiophene rings is 1. The summed E-state index contributed by atoms with van der Waals surface area (Å²) in [5.74, 6) is 0.0305. The van der Waals surface area contributed by atoms with Crippen LogP contribution in [0.25, 0.3) is 10.6 Å². The Balaban J connectivity index is 1.70. The van der Waals surface area contributed by atoms with Crippen LogP contribution in [0.15, 0.2) is 28.1 Å². The maximum Gasteiger partial charge on any atom is 0.355 e. The third-order valence-corrected chi connectivity index (χ3v) is 4.55. The zero-order chi connectivity index (χ0) is 17.3. The highest BCUT2D eigenvalue weighted by molar-refractivity contribution is 7.13. The van der Waals surface area contributed by atoms with Crippen LogP contribution in [0.1, 0.15) is 44.7 Å². The highest BCUT2D eigenvalue weighted by atomic mass is 32.1. The smallest absolute Gasteiger partial charge is 0.355 e. The van der Waals surface area contributed by atoms with Crippen LogP contribution in [0.4, 0.5) is 0 Å². The maximum atomic E-state index is 12.2. The van der Waals surface area contributed by atoms with Crippen LogP contribution >= 0.6 is 11.3 Å². The summed E-state index contributed by atoms with van der Waals surface area (Å²) in [7, 11) is 0. The lowest BCUT2D eigenvalue weighted by Crippen LogP contribution is -2.08. The fourth-order valence-corrected chi connectivity index (χ4v) is 3.28. The van der Waals surface area contributed by atoms with E-state index in [1.165, 1.54) is 6.92 Å². The van der Waals surface area contributed by atoms with E-state index in [9.17, 15) is 9.59 Å². The molecule has 0 unspecified atom stereocenters. The molecule has 0 radical (unpaired) electrons. The SMILES string of the molecule is CC(=O)c1c(C)[nH]c(C(=O)OCc2cc(-c3cccs3)on2)c1C. The second kappa shape index (κ2) is 6.45. The number of esters is 1. The summed E-state index contributed by atoms with van der Waals surface area (Å²) < 4.78 is 10.5. The van der Waals surface area contributed by atoms with Crippen molar-refractivity contribution < 1.29 is 18.8 Å². The Morgan fingerprint density at radius 1 is 1.38 bits per heavy atom. The van der Waals surface area contributed by atoms with Gasteiger partial charge in [0.25, 0.3) is 0 Å². The van der Waals surface area contributed by atoms with Crippen LogP contribution in [0.3, 0.4) is 0 Å². The van der Waals surface area contributed by atoms with Gasteiger partial charge in [-0.05, 0) is 37.8 Å². The molecule has 0 bridgehead atoms. The van der Waals surface area contributed by atoms with Crippen molar-refractivity contribution >= 4 is 23.1 Å². The van der Waals surface area contributed by atoms with Gasteiger partial charge in [0.15, 0.2) is 11.5 Å². The van der Waals surface area contributed by atoms with Gasteiger partial charge in [0, 0.05) is 17.3 Å². The minimum Gasteiger partial charge on any atom is -0.454 e. The van der Waals surface area contributed by atoms with Gasteiger partial charge in [0.2, 0.25) is 0 Å². The van der Waals surface area contributed by atoms with Gasteiger partial charge in [-0.15, -0.1) is 11.3 Å². The minimum atomic E-state index is -0.524. The Morgan fingerprint density at radius 3 is 2.79 bits per heavy atom. The summed E-state index contributed by atoms with van der Waals surface area (Å²) in [6.45, 7) is 4.95. The monoisotopic (exact) mass is 344 g/mol. The molecule has 0 aromatic carbocycles. The molecular formula is C17H16N2O4S. The fraction of sp³-hybridized carbons (Fsp3) is 0.235. The van der Waals surface area contributed by atoms with Crippen molar-refractivity contribution in [2.24, 2.45) is 0 Å². The second-order valence-electron chi connectivity index (χ2n) is 5.42.